The number of aromatic nitrogens is 2. The highest BCUT2D eigenvalue weighted by atomic mass is 16.6. The monoisotopic (exact) mass is 350 g/mol. The lowest BCUT2D eigenvalue weighted by molar-refractivity contribution is -0.145. The summed E-state index contributed by atoms with van der Waals surface area (Å²) in [6.07, 6.45) is -0.638. The zero-order chi connectivity index (χ0) is 18.1. The van der Waals surface area contributed by atoms with Gasteiger partial charge in [-0.2, -0.15) is 9.78 Å². The van der Waals surface area contributed by atoms with Gasteiger partial charge in [0, 0.05) is 11.8 Å². The SMILES string of the molecule is O=C(O[C@H]1CCOC1=O)c1nn(-c2ccccc2)c(=O)c2ccccc12. The zero-order valence-corrected chi connectivity index (χ0v) is 13.6. The average molecular weight is 350 g/mol. The van der Waals surface area contributed by atoms with Crippen LogP contribution in [0.1, 0.15) is 16.9 Å². The number of ether oxygens (including phenoxy) is 2. The molecule has 4 rings (SSSR count). The first-order valence-electron chi connectivity index (χ1n) is 8.10. The summed E-state index contributed by atoms with van der Waals surface area (Å²) >= 11 is 0. The molecule has 0 saturated carbocycles. The Morgan fingerprint density at radius 3 is 2.42 bits per heavy atom. The van der Waals surface area contributed by atoms with Crippen molar-refractivity contribution in [3.8, 4) is 5.69 Å². The zero-order valence-electron chi connectivity index (χ0n) is 13.6. The van der Waals surface area contributed by atoms with Gasteiger partial charge in [-0.3, -0.25) is 4.79 Å². The molecule has 7 nitrogen and oxygen atoms in total. The summed E-state index contributed by atoms with van der Waals surface area (Å²) in [5, 5.41) is 4.93. The van der Waals surface area contributed by atoms with Crippen molar-refractivity contribution >= 4 is 22.7 Å². The van der Waals surface area contributed by atoms with E-state index in [9.17, 15) is 14.4 Å². The molecule has 0 spiro atoms. The normalized spacial score (nSPS) is 16.5. The number of nitrogens with zero attached hydrogens (tertiary/aromatic N) is 2. The van der Waals surface area contributed by atoms with Crippen molar-refractivity contribution in [1.29, 1.82) is 0 Å². The molecule has 0 unspecified atom stereocenters. The van der Waals surface area contributed by atoms with E-state index in [1.807, 2.05) is 6.07 Å². The maximum absolute atomic E-state index is 12.8. The van der Waals surface area contributed by atoms with Crippen LogP contribution in [0, 0.1) is 0 Å². The maximum atomic E-state index is 12.8. The Kier molecular flexibility index (Phi) is 3.96. The number of cyclic esters (lactones) is 1. The molecule has 3 aromatic rings. The topological polar surface area (TPSA) is 87.5 Å². The Morgan fingerprint density at radius 2 is 1.73 bits per heavy atom. The second-order valence-corrected chi connectivity index (χ2v) is 5.80. The number of benzene rings is 2. The maximum Gasteiger partial charge on any atom is 0.360 e. The molecule has 2 heterocycles. The standard InChI is InChI=1S/C19H14N2O5/c22-17-14-9-5-4-8-13(14)16(19(24)26-15-10-11-25-18(15)23)20-21(17)12-6-2-1-3-7-12/h1-9,15H,10-11H2/t15-/m0/s1. The minimum Gasteiger partial charge on any atom is -0.463 e. The summed E-state index contributed by atoms with van der Waals surface area (Å²) in [4.78, 5) is 37.0. The van der Waals surface area contributed by atoms with Crippen LogP contribution >= 0.6 is 0 Å². The molecule has 1 aromatic heterocycles. The van der Waals surface area contributed by atoms with E-state index < -0.39 is 18.0 Å². The van der Waals surface area contributed by atoms with E-state index in [2.05, 4.69) is 5.10 Å². The largest absolute Gasteiger partial charge is 0.463 e. The van der Waals surface area contributed by atoms with Crippen molar-refractivity contribution in [3.63, 3.8) is 0 Å². The van der Waals surface area contributed by atoms with Crippen molar-refractivity contribution in [3.05, 3.63) is 70.6 Å². The van der Waals surface area contributed by atoms with E-state index in [-0.39, 0.29) is 17.9 Å². The van der Waals surface area contributed by atoms with Crippen molar-refractivity contribution < 1.29 is 19.1 Å². The second kappa shape index (κ2) is 6.44. The van der Waals surface area contributed by atoms with Gasteiger partial charge in [-0.15, -0.1) is 0 Å². The van der Waals surface area contributed by atoms with Crippen LogP contribution in [0.25, 0.3) is 16.5 Å². The van der Waals surface area contributed by atoms with Gasteiger partial charge in [0.1, 0.15) is 0 Å². The van der Waals surface area contributed by atoms with Crippen molar-refractivity contribution in [2.75, 3.05) is 6.61 Å². The van der Waals surface area contributed by atoms with Gasteiger partial charge < -0.3 is 9.47 Å². The minimum absolute atomic E-state index is 0.0243. The fourth-order valence-corrected chi connectivity index (χ4v) is 2.85. The Bertz CT molecular complexity index is 1060. The molecule has 7 heteroatoms. The third-order valence-corrected chi connectivity index (χ3v) is 4.14. The quantitative estimate of drug-likeness (QED) is 0.670. The first-order chi connectivity index (χ1) is 12.6. The van der Waals surface area contributed by atoms with Gasteiger partial charge in [0.25, 0.3) is 5.56 Å². The number of fused-ring (bicyclic) bond motifs is 1. The number of esters is 2. The smallest absolute Gasteiger partial charge is 0.360 e. The lowest BCUT2D eigenvalue weighted by atomic mass is 10.1. The second-order valence-electron chi connectivity index (χ2n) is 5.80. The molecule has 1 atom stereocenters. The van der Waals surface area contributed by atoms with E-state index in [4.69, 9.17) is 9.47 Å². The van der Waals surface area contributed by atoms with Crippen LogP contribution in [-0.4, -0.2) is 34.4 Å². The Morgan fingerprint density at radius 1 is 1.04 bits per heavy atom. The van der Waals surface area contributed by atoms with Crippen LogP contribution < -0.4 is 5.56 Å². The first kappa shape index (κ1) is 16.0. The van der Waals surface area contributed by atoms with Gasteiger partial charge in [-0.25, -0.2) is 9.59 Å². The van der Waals surface area contributed by atoms with Crippen LogP contribution in [0.15, 0.2) is 59.4 Å². The summed E-state index contributed by atoms with van der Waals surface area (Å²) in [6.45, 7) is 0.217. The lowest BCUT2D eigenvalue weighted by Crippen LogP contribution is -2.28. The fraction of sp³-hybridized carbons (Fsp3) is 0.158. The average Bonchev–Trinajstić information content (AvgIpc) is 3.07. The molecule has 0 bridgehead atoms. The minimum atomic E-state index is -0.944. The first-order valence-corrected chi connectivity index (χ1v) is 8.10. The molecule has 26 heavy (non-hydrogen) atoms. The van der Waals surface area contributed by atoms with E-state index >= 15 is 0 Å². The molecule has 0 aliphatic carbocycles. The molecule has 0 N–H and O–H groups in total. The number of carbonyl (C=O) groups excluding carboxylic acids is 2. The fourth-order valence-electron chi connectivity index (χ4n) is 2.85. The third-order valence-electron chi connectivity index (χ3n) is 4.14. The van der Waals surface area contributed by atoms with Crippen molar-refractivity contribution in [1.82, 2.24) is 9.78 Å². The van der Waals surface area contributed by atoms with E-state index in [0.717, 1.165) is 4.68 Å². The number of rotatable bonds is 3. The number of hydrogen-bond acceptors (Lipinski definition) is 6. The number of hydrogen-bond donors (Lipinski definition) is 0. The summed E-state index contributed by atoms with van der Waals surface area (Å²) in [5.41, 5.74) is 0.157. The van der Waals surface area contributed by atoms with E-state index in [0.29, 0.717) is 22.9 Å². The van der Waals surface area contributed by atoms with Crippen LogP contribution in [0.3, 0.4) is 0 Å². The molecule has 0 amide bonds. The van der Waals surface area contributed by atoms with Crippen molar-refractivity contribution in [2.45, 2.75) is 12.5 Å². The highest BCUT2D eigenvalue weighted by Gasteiger charge is 2.32. The van der Waals surface area contributed by atoms with Gasteiger partial charge in [0.15, 0.2) is 5.69 Å². The van der Waals surface area contributed by atoms with E-state index in [1.165, 1.54) is 0 Å². The molecule has 0 radical (unpaired) electrons. The van der Waals surface area contributed by atoms with Gasteiger partial charge in [-0.05, 0) is 18.2 Å². The molecule has 1 saturated heterocycles. The summed E-state index contributed by atoms with van der Waals surface area (Å²) < 4.78 is 11.2. The Labute approximate surface area is 147 Å². The summed E-state index contributed by atoms with van der Waals surface area (Å²) in [6, 6.07) is 15.5. The van der Waals surface area contributed by atoms with E-state index in [1.54, 1.807) is 48.5 Å². The van der Waals surface area contributed by atoms with Crippen LogP contribution in [0.2, 0.25) is 0 Å². The highest BCUT2D eigenvalue weighted by molar-refractivity contribution is 6.02. The Hall–Kier alpha value is -3.48. The molecule has 1 aliphatic heterocycles. The van der Waals surface area contributed by atoms with Crippen LogP contribution in [0.4, 0.5) is 0 Å². The summed E-state index contributed by atoms with van der Waals surface area (Å²) in [5.74, 6) is -1.34. The van der Waals surface area contributed by atoms with Gasteiger partial charge in [-0.1, -0.05) is 36.4 Å². The van der Waals surface area contributed by atoms with Gasteiger partial charge in [0.2, 0.25) is 6.10 Å². The number of carbonyl (C=O) groups is 2. The molecular formula is C19H14N2O5. The molecule has 130 valence electrons. The predicted molar refractivity (Wildman–Crippen MR) is 92.1 cm³/mol. The van der Waals surface area contributed by atoms with Gasteiger partial charge in [0.05, 0.1) is 17.7 Å². The lowest BCUT2D eigenvalue weighted by Gasteiger charge is -2.12. The third kappa shape index (κ3) is 2.73. The predicted octanol–water partition coefficient (Wildman–Crippen LogP) is 1.86. The van der Waals surface area contributed by atoms with Crippen molar-refractivity contribution in [2.24, 2.45) is 0 Å². The molecule has 1 aliphatic rings. The molecule has 1 fully saturated rings. The molecule has 2 aromatic carbocycles. The van der Waals surface area contributed by atoms with Crippen LogP contribution in [0.5, 0.6) is 0 Å². The number of para-hydroxylation sites is 1. The van der Waals surface area contributed by atoms with Crippen LogP contribution in [-0.2, 0) is 14.3 Å². The molecular weight excluding hydrogens is 336 g/mol. The highest BCUT2D eigenvalue weighted by Crippen LogP contribution is 2.18. The Balaban J connectivity index is 1.85. The summed E-state index contributed by atoms with van der Waals surface area (Å²) in [7, 11) is 0. The van der Waals surface area contributed by atoms with Gasteiger partial charge >= 0.3 is 11.9 Å².